The number of primary amides is 1. The van der Waals surface area contributed by atoms with Gasteiger partial charge in [0.25, 0.3) is 0 Å². The van der Waals surface area contributed by atoms with Crippen LogP contribution in [-0.4, -0.2) is 23.2 Å². The molecule has 0 fully saturated rings. The molecule has 10 nitrogen and oxygen atoms in total. The van der Waals surface area contributed by atoms with Crippen LogP contribution in [0.1, 0.15) is 5.76 Å². The Morgan fingerprint density at radius 1 is 1.53 bits per heavy atom. The summed E-state index contributed by atoms with van der Waals surface area (Å²) in [7, 11) is 0. The zero-order valence-corrected chi connectivity index (χ0v) is 8.25. The van der Waals surface area contributed by atoms with Crippen molar-refractivity contribution >= 4 is 24.2 Å². The van der Waals surface area contributed by atoms with Gasteiger partial charge in [-0.3, -0.25) is 15.4 Å². The standard InChI is InChI=1S/C7H7N5O5/c8-6(13)10-7(14)11-9-3-4-1-2-5(17-4)12(15)16/h1-3H,(H4,8,10,11,13,14)/b9-3-. The predicted molar refractivity (Wildman–Crippen MR) is 54.2 cm³/mol. The molecule has 10 heteroatoms. The maximum Gasteiger partial charge on any atom is 0.433 e. The van der Waals surface area contributed by atoms with Gasteiger partial charge in [0.2, 0.25) is 0 Å². The van der Waals surface area contributed by atoms with Crippen LogP contribution in [-0.2, 0) is 0 Å². The topological polar surface area (TPSA) is 153 Å². The van der Waals surface area contributed by atoms with Crippen LogP contribution in [0.25, 0.3) is 0 Å². The number of carbonyl (C=O) groups excluding carboxylic acids is 2. The van der Waals surface area contributed by atoms with Crippen molar-refractivity contribution < 1.29 is 18.9 Å². The number of nitrogens with one attached hydrogen (secondary N) is 2. The summed E-state index contributed by atoms with van der Waals surface area (Å²) in [6, 6.07) is 0.446. The van der Waals surface area contributed by atoms with Crippen molar-refractivity contribution in [2.45, 2.75) is 0 Å². The van der Waals surface area contributed by atoms with Crippen LogP contribution in [0.3, 0.4) is 0 Å². The summed E-state index contributed by atoms with van der Waals surface area (Å²) in [5.74, 6) is -0.385. The summed E-state index contributed by atoms with van der Waals surface area (Å²) in [4.78, 5) is 30.5. The van der Waals surface area contributed by atoms with Gasteiger partial charge < -0.3 is 10.2 Å². The van der Waals surface area contributed by atoms with Gasteiger partial charge in [-0.05, 0) is 6.07 Å². The van der Waals surface area contributed by atoms with Crippen molar-refractivity contribution in [2.75, 3.05) is 0 Å². The second kappa shape index (κ2) is 5.25. The summed E-state index contributed by atoms with van der Waals surface area (Å²) in [5, 5.41) is 15.3. The molecular weight excluding hydrogens is 234 g/mol. The average Bonchev–Trinajstić information content (AvgIpc) is 2.65. The molecule has 0 saturated heterocycles. The maximum atomic E-state index is 10.8. The fourth-order valence-electron chi connectivity index (χ4n) is 0.804. The third-order valence-electron chi connectivity index (χ3n) is 1.39. The minimum absolute atomic E-state index is 0.0658. The molecule has 1 aromatic heterocycles. The largest absolute Gasteiger partial charge is 0.433 e. The molecule has 0 aliphatic heterocycles. The Morgan fingerprint density at radius 2 is 2.24 bits per heavy atom. The molecule has 0 saturated carbocycles. The first-order valence-electron chi connectivity index (χ1n) is 4.13. The van der Waals surface area contributed by atoms with Crippen LogP contribution >= 0.6 is 0 Å². The average molecular weight is 241 g/mol. The number of carbonyl (C=O) groups is 2. The molecule has 0 radical (unpaired) electrons. The molecule has 0 spiro atoms. The van der Waals surface area contributed by atoms with E-state index >= 15 is 0 Å². The number of furan rings is 1. The number of rotatable bonds is 3. The second-order valence-corrected chi connectivity index (χ2v) is 2.62. The molecule has 4 amide bonds. The lowest BCUT2D eigenvalue weighted by Gasteiger charge is -1.96. The molecule has 0 aliphatic carbocycles. The van der Waals surface area contributed by atoms with Gasteiger partial charge in [0, 0.05) is 0 Å². The number of hydrogen-bond donors (Lipinski definition) is 3. The van der Waals surface area contributed by atoms with Gasteiger partial charge in [0.05, 0.1) is 12.3 Å². The Labute approximate surface area is 93.6 Å². The molecule has 1 aromatic rings. The number of hydrogen-bond acceptors (Lipinski definition) is 6. The lowest BCUT2D eigenvalue weighted by molar-refractivity contribution is -0.402. The van der Waals surface area contributed by atoms with E-state index in [1.54, 1.807) is 5.32 Å². The van der Waals surface area contributed by atoms with Crippen LogP contribution in [0.15, 0.2) is 21.7 Å². The molecule has 1 rings (SSSR count). The maximum absolute atomic E-state index is 10.8. The molecule has 90 valence electrons. The first-order chi connectivity index (χ1) is 7.99. The predicted octanol–water partition coefficient (Wildman–Crippen LogP) is -0.100. The fourth-order valence-corrected chi connectivity index (χ4v) is 0.804. The highest BCUT2D eigenvalue weighted by Crippen LogP contribution is 2.13. The Bertz CT molecular complexity index is 479. The van der Waals surface area contributed by atoms with E-state index in [4.69, 9.17) is 4.42 Å². The first-order valence-corrected chi connectivity index (χ1v) is 4.13. The third-order valence-corrected chi connectivity index (χ3v) is 1.39. The molecule has 0 aromatic carbocycles. The fraction of sp³-hybridized carbons (Fsp3) is 0. The van der Waals surface area contributed by atoms with E-state index in [1.165, 1.54) is 6.07 Å². The summed E-state index contributed by atoms with van der Waals surface area (Å²) in [6.45, 7) is 0. The Balaban J connectivity index is 2.50. The molecule has 0 unspecified atom stereocenters. The molecular formula is C7H7N5O5. The molecule has 4 N–H and O–H groups in total. The van der Waals surface area contributed by atoms with Gasteiger partial charge in [0.1, 0.15) is 4.92 Å². The minimum atomic E-state index is -1.04. The van der Waals surface area contributed by atoms with Crippen LogP contribution in [0.5, 0.6) is 0 Å². The SMILES string of the molecule is NC(=O)NC(=O)N/N=C\c1ccc([N+](=O)[O-])o1. The number of imide groups is 1. The molecule has 17 heavy (non-hydrogen) atoms. The van der Waals surface area contributed by atoms with E-state index < -0.39 is 22.9 Å². The van der Waals surface area contributed by atoms with Crippen molar-refractivity contribution in [3.63, 3.8) is 0 Å². The van der Waals surface area contributed by atoms with Gasteiger partial charge in [0.15, 0.2) is 5.76 Å². The van der Waals surface area contributed by atoms with Crippen molar-refractivity contribution in [3.8, 4) is 0 Å². The van der Waals surface area contributed by atoms with Gasteiger partial charge in [-0.25, -0.2) is 15.0 Å². The van der Waals surface area contributed by atoms with Crippen molar-refractivity contribution in [2.24, 2.45) is 10.8 Å². The van der Waals surface area contributed by atoms with E-state index in [0.29, 0.717) is 0 Å². The smallest absolute Gasteiger partial charge is 0.400 e. The molecule has 0 bridgehead atoms. The zero-order valence-electron chi connectivity index (χ0n) is 8.25. The quantitative estimate of drug-likeness (QED) is 0.383. The highest BCUT2D eigenvalue weighted by molar-refractivity contribution is 5.92. The van der Waals surface area contributed by atoms with Gasteiger partial charge in [-0.1, -0.05) is 0 Å². The van der Waals surface area contributed by atoms with Crippen molar-refractivity contribution in [3.05, 3.63) is 28.0 Å². The van der Waals surface area contributed by atoms with E-state index in [9.17, 15) is 19.7 Å². The number of nitrogens with zero attached hydrogens (tertiary/aromatic N) is 2. The lowest BCUT2D eigenvalue weighted by Crippen LogP contribution is -2.40. The highest BCUT2D eigenvalue weighted by atomic mass is 16.6. The minimum Gasteiger partial charge on any atom is -0.400 e. The molecule has 0 atom stereocenters. The van der Waals surface area contributed by atoms with E-state index in [2.05, 4.69) is 10.8 Å². The number of hydrazone groups is 1. The van der Waals surface area contributed by atoms with Crippen LogP contribution in [0.2, 0.25) is 0 Å². The zero-order chi connectivity index (χ0) is 12.8. The van der Waals surface area contributed by atoms with Gasteiger partial charge in [-0.15, -0.1) is 0 Å². The normalized spacial score (nSPS) is 10.1. The monoisotopic (exact) mass is 241 g/mol. The Hall–Kier alpha value is -2.91. The Kier molecular flexibility index (Phi) is 3.76. The van der Waals surface area contributed by atoms with Gasteiger partial charge in [-0.2, -0.15) is 5.10 Å². The van der Waals surface area contributed by atoms with Crippen LogP contribution in [0, 0.1) is 10.1 Å². The van der Waals surface area contributed by atoms with E-state index in [0.717, 1.165) is 12.3 Å². The number of nitro groups is 1. The molecule has 0 aliphatic rings. The van der Waals surface area contributed by atoms with Crippen molar-refractivity contribution in [1.29, 1.82) is 0 Å². The summed E-state index contributed by atoms with van der Waals surface area (Å²) < 4.78 is 4.70. The lowest BCUT2D eigenvalue weighted by atomic mass is 10.5. The summed E-state index contributed by atoms with van der Waals surface area (Å²) in [5.41, 5.74) is 6.55. The summed E-state index contributed by atoms with van der Waals surface area (Å²) >= 11 is 0. The van der Waals surface area contributed by atoms with E-state index in [1.807, 2.05) is 5.43 Å². The summed E-state index contributed by atoms with van der Waals surface area (Å²) in [6.07, 6.45) is 1.02. The molecule has 1 heterocycles. The van der Waals surface area contributed by atoms with Crippen LogP contribution < -0.4 is 16.5 Å². The van der Waals surface area contributed by atoms with E-state index in [-0.39, 0.29) is 5.76 Å². The number of nitrogens with two attached hydrogens (primary N) is 1. The third kappa shape index (κ3) is 3.99. The Morgan fingerprint density at radius 3 is 2.76 bits per heavy atom. The highest BCUT2D eigenvalue weighted by Gasteiger charge is 2.10. The second-order valence-electron chi connectivity index (χ2n) is 2.62. The van der Waals surface area contributed by atoms with Crippen molar-refractivity contribution in [1.82, 2.24) is 10.7 Å². The number of urea groups is 2. The van der Waals surface area contributed by atoms with Crippen LogP contribution in [0.4, 0.5) is 15.5 Å². The van der Waals surface area contributed by atoms with Gasteiger partial charge >= 0.3 is 17.9 Å². The first kappa shape index (κ1) is 12.2. The number of amides is 4.